The number of nitrogens with one attached hydrogen (secondary N) is 1. The smallest absolute Gasteiger partial charge is 0.123 e. The van der Waals surface area contributed by atoms with E-state index >= 15 is 0 Å². The molecule has 2 atom stereocenters. The lowest BCUT2D eigenvalue weighted by molar-refractivity contribution is 0.262. The van der Waals surface area contributed by atoms with Crippen LogP contribution in [0.4, 0.5) is 4.39 Å². The van der Waals surface area contributed by atoms with Gasteiger partial charge in [-0.25, -0.2) is 4.39 Å². The van der Waals surface area contributed by atoms with Crippen LogP contribution in [0.3, 0.4) is 0 Å². The van der Waals surface area contributed by atoms with Crippen LogP contribution >= 0.6 is 0 Å². The van der Waals surface area contributed by atoms with Crippen molar-refractivity contribution in [2.45, 2.75) is 39.3 Å². The summed E-state index contributed by atoms with van der Waals surface area (Å²) >= 11 is 0. The molecule has 3 heteroatoms. The SMILES string of the molecule is CCC(C)NC(C)COc1ccc(F)cc1. The predicted octanol–water partition coefficient (Wildman–Crippen LogP) is 2.98. The quantitative estimate of drug-likeness (QED) is 0.803. The lowest BCUT2D eigenvalue weighted by Gasteiger charge is -2.19. The Morgan fingerprint density at radius 3 is 2.38 bits per heavy atom. The third-order valence-electron chi connectivity index (χ3n) is 2.50. The minimum absolute atomic E-state index is 0.238. The van der Waals surface area contributed by atoms with Crippen molar-refractivity contribution in [3.63, 3.8) is 0 Å². The largest absolute Gasteiger partial charge is 0.492 e. The Morgan fingerprint density at radius 1 is 1.19 bits per heavy atom. The Morgan fingerprint density at radius 2 is 1.81 bits per heavy atom. The van der Waals surface area contributed by atoms with Crippen molar-refractivity contribution >= 4 is 0 Å². The highest BCUT2D eigenvalue weighted by atomic mass is 19.1. The number of hydrogen-bond donors (Lipinski definition) is 1. The lowest BCUT2D eigenvalue weighted by Crippen LogP contribution is -2.37. The molecule has 2 nitrogen and oxygen atoms in total. The van der Waals surface area contributed by atoms with E-state index in [0.717, 1.165) is 6.42 Å². The molecule has 0 heterocycles. The summed E-state index contributed by atoms with van der Waals surface area (Å²) in [6, 6.07) is 6.88. The molecular weight excluding hydrogens is 205 g/mol. The van der Waals surface area contributed by atoms with E-state index in [1.807, 2.05) is 0 Å². The van der Waals surface area contributed by atoms with Crippen LogP contribution in [-0.4, -0.2) is 18.7 Å². The van der Waals surface area contributed by atoms with Crippen molar-refractivity contribution in [1.29, 1.82) is 0 Å². The third kappa shape index (κ3) is 4.62. The summed E-state index contributed by atoms with van der Waals surface area (Å²) in [4.78, 5) is 0. The molecule has 0 aliphatic heterocycles. The highest BCUT2D eigenvalue weighted by molar-refractivity contribution is 5.22. The molecule has 1 rings (SSSR count). The molecule has 0 fully saturated rings. The molecule has 0 saturated carbocycles. The third-order valence-corrected chi connectivity index (χ3v) is 2.50. The number of halogens is 1. The van der Waals surface area contributed by atoms with Crippen molar-refractivity contribution in [2.75, 3.05) is 6.61 Å². The van der Waals surface area contributed by atoms with Crippen LogP contribution in [0.1, 0.15) is 27.2 Å². The second kappa shape index (κ2) is 6.48. The summed E-state index contributed by atoms with van der Waals surface area (Å²) in [5, 5.41) is 3.41. The van der Waals surface area contributed by atoms with Gasteiger partial charge in [-0.3, -0.25) is 0 Å². The molecule has 1 aromatic rings. The topological polar surface area (TPSA) is 21.3 Å². The van der Waals surface area contributed by atoms with Gasteiger partial charge in [0, 0.05) is 12.1 Å². The molecule has 0 aromatic heterocycles. The van der Waals surface area contributed by atoms with Crippen LogP contribution in [0, 0.1) is 5.82 Å². The van der Waals surface area contributed by atoms with Gasteiger partial charge in [0.15, 0.2) is 0 Å². The van der Waals surface area contributed by atoms with Crippen LogP contribution in [0.25, 0.3) is 0 Å². The average Bonchev–Trinajstić information content (AvgIpc) is 2.28. The van der Waals surface area contributed by atoms with Crippen LogP contribution < -0.4 is 10.1 Å². The number of ether oxygens (including phenoxy) is 1. The van der Waals surface area contributed by atoms with Gasteiger partial charge in [0.1, 0.15) is 18.2 Å². The van der Waals surface area contributed by atoms with Gasteiger partial charge in [-0.2, -0.15) is 0 Å². The first kappa shape index (κ1) is 13.0. The van der Waals surface area contributed by atoms with Crippen LogP contribution in [-0.2, 0) is 0 Å². The maximum atomic E-state index is 12.6. The van der Waals surface area contributed by atoms with Gasteiger partial charge in [0.25, 0.3) is 0 Å². The van der Waals surface area contributed by atoms with Crippen molar-refractivity contribution in [3.05, 3.63) is 30.1 Å². The molecule has 0 aliphatic rings. The normalized spacial score (nSPS) is 14.5. The van der Waals surface area contributed by atoms with Gasteiger partial charge >= 0.3 is 0 Å². The summed E-state index contributed by atoms with van der Waals surface area (Å²) in [5.74, 6) is 0.470. The van der Waals surface area contributed by atoms with Gasteiger partial charge < -0.3 is 10.1 Å². The van der Waals surface area contributed by atoms with E-state index in [0.29, 0.717) is 24.4 Å². The van der Waals surface area contributed by atoms with E-state index in [9.17, 15) is 4.39 Å². The zero-order valence-corrected chi connectivity index (χ0v) is 10.2. The Bertz CT molecular complexity index is 299. The number of hydrogen-bond acceptors (Lipinski definition) is 2. The fraction of sp³-hybridized carbons (Fsp3) is 0.538. The van der Waals surface area contributed by atoms with Crippen molar-refractivity contribution in [3.8, 4) is 5.75 Å². The first-order valence-corrected chi connectivity index (χ1v) is 5.76. The first-order valence-electron chi connectivity index (χ1n) is 5.76. The molecule has 2 unspecified atom stereocenters. The molecule has 0 aliphatic carbocycles. The molecule has 16 heavy (non-hydrogen) atoms. The van der Waals surface area contributed by atoms with E-state index < -0.39 is 0 Å². The highest BCUT2D eigenvalue weighted by Gasteiger charge is 2.06. The number of benzene rings is 1. The van der Waals surface area contributed by atoms with E-state index in [2.05, 4.69) is 26.1 Å². The van der Waals surface area contributed by atoms with Crippen LogP contribution in [0.5, 0.6) is 5.75 Å². The van der Waals surface area contributed by atoms with Crippen LogP contribution in [0.2, 0.25) is 0 Å². The summed E-state index contributed by atoms with van der Waals surface area (Å²) in [7, 11) is 0. The van der Waals surface area contributed by atoms with Crippen LogP contribution in [0.15, 0.2) is 24.3 Å². The molecule has 0 saturated heterocycles. The molecule has 0 amide bonds. The minimum atomic E-state index is -0.238. The van der Waals surface area contributed by atoms with E-state index in [1.54, 1.807) is 12.1 Å². The summed E-state index contributed by atoms with van der Waals surface area (Å²) < 4.78 is 18.2. The zero-order valence-electron chi connectivity index (χ0n) is 10.2. The Labute approximate surface area is 96.8 Å². The maximum absolute atomic E-state index is 12.6. The maximum Gasteiger partial charge on any atom is 0.123 e. The van der Waals surface area contributed by atoms with E-state index in [4.69, 9.17) is 4.74 Å². The molecular formula is C13H20FNO. The van der Waals surface area contributed by atoms with Gasteiger partial charge in [-0.15, -0.1) is 0 Å². The van der Waals surface area contributed by atoms with E-state index in [1.165, 1.54) is 12.1 Å². The molecule has 1 aromatic carbocycles. The summed E-state index contributed by atoms with van der Waals surface area (Å²) in [5.41, 5.74) is 0. The highest BCUT2D eigenvalue weighted by Crippen LogP contribution is 2.11. The second-order valence-corrected chi connectivity index (χ2v) is 4.14. The van der Waals surface area contributed by atoms with Gasteiger partial charge in [0.2, 0.25) is 0 Å². The predicted molar refractivity (Wildman–Crippen MR) is 64.2 cm³/mol. The molecule has 0 spiro atoms. The first-order chi connectivity index (χ1) is 7.61. The summed E-state index contributed by atoms with van der Waals surface area (Å²) in [6.07, 6.45) is 1.10. The standard InChI is InChI=1S/C13H20FNO/c1-4-10(2)15-11(3)9-16-13-7-5-12(14)6-8-13/h5-8,10-11,15H,4,9H2,1-3H3. The molecule has 90 valence electrons. The number of rotatable bonds is 6. The van der Waals surface area contributed by atoms with Crippen molar-refractivity contribution < 1.29 is 9.13 Å². The van der Waals surface area contributed by atoms with Crippen molar-refractivity contribution in [1.82, 2.24) is 5.32 Å². The zero-order chi connectivity index (χ0) is 12.0. The fourth-order valence-corrected chi connectivity index (χ4v) is 1.40. The average molecular weight is 225 g/mol. The minimum Gasteiger partial charge on any atom is -0.492 e. The molecule has 0 radical (unpaired) electrons. The lowest BCUT2D eigenvalue weighted by atomic mass is 10.2. The molecule has 0 bridgehead atoms. The van der Waals surface area contributed by atoms with E-state index in [-0.39, 0.29) is 5.82 Å². The second-order valence-electron chi connectivity index (χ2n) is 4.14. The van der Waals surface area contributed by atoms with Gasteiger partial charge in [-0.05, 0) is 44.5 Å². The van der Waals surface area contributed by atoms with Crippen molar-refractivity contribution in [2.24, 2.45) is 0 Å². The Hall–Kier alpha value is -1.09. The molecule has 1 N–H and O–H groups in total. The summed E-state index contributed by atoms with van der Waals surface area (Å²) in [6.45, 7) is 6.96. The Balaban J connectivity index is 2.31. The van der Waals surface area contributed by atoms with Gasteiger partial charge in [0.05, 0.1) is 0 Å². The monoisotopic (exact) mass is 225 g/mol. The Kier molecular flexibility index (Phi) is 5.26. The fourth-order valence-electron chi connectivity index (χ4n) is 1.40. The van der Waals surface area contributed by atoms with Gasteiger partial charge in [-0.1, -0.05) is 6.92 Å².